The Morgan fingerprint density at radius 3 is 2.69 bits per heavy atom. The van der Waals surface area contributed by atoms with E-state index in [4.69, 9.17) is 9.26 Å². The van der Waals surface area contributed by atoms with Crippen molar-refractivity contribution in [1.82, 2.24) is 15.0 Å². The SMILES string of the molecule is CCCCN(Cc1nc(-c2ccc(OC)cc2)no1)C1CCS(=O)(=O)C1. The third-order valence-corrected chi connectivity index (χ3v) is 6.43. The smallest absolute Gasteiger partial charge is 0.241 e. The fourth-order valence-corrected chi connectivity index (χ4v) is 4.93. The van der Waals surface area contributed by atoms with Gasteiger partial charge in [0.1, 0.15) is 5.75 Å². The van der Waals surface area contributed by atoms with E-state index in [0.29, 0.717) is 24.7 Å². The van der Waals surface area contributed by atoms with Crippen LogP contribution in [0.25, 0.3) is 11.4 Å². The van der Waals surface area contributed by atoms with Gasteiger partial charge in [0.05, 0.1) is 25.2 Å². The molecular weight excluding hydrogens is 354 g/mol. The number of hydrogen-bond acceptors (Lipinski definition) is 7. The van der Waals surface area contributed by atoms with Gasteiger partial charge in [0, 0.05) is 11.6 Å². The molecule has 1 fully saturated rings. The first-order chi connectivity index (χ1) is 12.5. The largest absolute Gasteiger partial charge is 0.497 e. The second-order valence-electron chi connectivity index (χ2n) is 6.62. The van der Waals surface area contributed by atoms with Gasteiger partial charge in [0.15, 0.2) is 9.84 Å². The highest BCUT2D eigenvalue weighted by atomic mass is 32.2. The van der Waals surface area contributed by atoms with Crippen LogP contribution in [0.3, 0.4) is 0 Å². The summed E-state index contributed by atoms with van der Waals surface area (Å²) >= 11 is 0. The van der Waals surface area contributed by atoms with Crippen LogP contribution in [-0.2, 0) is 16.4 Å². The van der Waals surface area contributed by atoms with E-state index in [1.54, 1.807) is 7.11 Å². The zero-order valence-corrected chi connectivity index (χ0v) is 16.0. The molecular formula is C18H25N3O4S. The van der Waals surface area contributed by atoms with E-state index in [-0.39, 0.29) is 17.5 Å². The number of hydrogen-bond donors (Lipinski definition) is 0. The topological polar surface area (TPSA) is 85.5 Å². The fraction of sp³-hybridized carbons (Fsp3) is 0.556. The molecule has 0 saturated carbocycles. The lowest BCUT2D eigenvalue weighted by molar-refractivity contribution is 0.175. The molecule has 1 aromatic heterocycles. The van der Waals surface area contributed by atoms with Crippen LogP contribution in [0.5, 0.6) is 5.75 Å². The minimum absolute atomic E-state index is 0.0305. The van der Waals surface area contributed by atoms with Crippen LogP contribution < -0.4 is 4.74 Å². The lowest BCUT2D eigenvalue weighted by atomic mass is 10.2. The minimum Gasteiger partial charge on any atom is -0.497 e. The molecule has 0 N–H and O–H groups in total. The van der Waals surface area contributed by atoms with Gasteiger partial charge < -0.3 is 9.26 Å². The van der Waals surface area contributed by atoms with Gasteiger partial charge in [-0.2, -0.15) is 4.98 Å². The Morgan fingerprint density at radius 2 is 2.08 bits per heavy atom. The molecule has 1 unspecified atom stereocenters. The summed E-state index contributed by atoms with van der Waals surface area (Å²) in [6.45, 7) is 3.43. The monoisotopic (exact) mass is 379 g/mol. The lowest BCUT2D eigenvalue weighted by Crippen LogP contribution is -2.36. The molecule has 1 saturated heterocycles. The van der Waals surface area contributed by atoms with Crippen molar-refractivity contribution in [1.29, 1.82) is 0 Å². The van der Waals surface area contributed by atoms with Gasteiger partial charge in [-0.3, -0.25) is 4.90 Å². The normalized spacial score (nSPS) is 19.1. The summed E-state index contributed by atoms with van der Waals surface area (Å²) < 4.78 is 34.2. The Bertz CT molecular complexity index is 817. The number of ether oxygens (including phenoxy) is 1. The van der Waals surface area contributed by atoms with Crippen molar-refractivity contribution >= 4 is 9.84 Å². The molecule has 0 bridgehead atoms. The Hall–Kier alpha value is -1.93. The highest BCUT2D eigenvalue weighted by molar-refractivity contribution is 7.91. The fourth-order valence-electron chi connectivity index (χ4n) is 3.17. The molecule has 0 amide bonds. The Balaban J connectivity index is 1.71. The summed E-state index contributed by atoms with van der Waals surface area (Å²) in [6, 6.07) is 7.49. The second kappa shape index (κ2) is 8.18. The van der Waals surface area contributed by atoms with Crippen molar-refractivity contribution in [3.8, 4) is 17.1 Å². The molecule has 7 nitrogen and oxygen atoms in total. The molecule has 0 aliphatic carbocycles. The van der Waals surface area contributed by atoms with E-state index in [0.717, 1.165) is 30.7 Å². The van der Waals surface area contributed by atoms with Gasteiger partial charge in [0.2, 0.25) is 11.7 Å². The molecule has 0 spiro atoms. The van der Waals surface area contributed by atoms with Gasteiger partial charge in [-0.05, 0) is 43.7 Å². The van der Waals surface area contributed by atoms with E-state index in [9.17, 15) is 8.42 Å². The minimum atomic E-state index is -2.92. The predicted octanol–water partition coefficient (Wildman–Crippen LogP) is 2.53. The summed E-state index contributed by atoms with van der Waals surface area (Å²) in [5.74, 6) is 2.29. The third kappa shape index (κ3) is 4.62. The van der Waals surface area contributed by atoms with E-state index in [1.165, 1.54) is 0 Å². The molecule has 1 aromatic carbocycles. The molecule has 3 rings (SSSR count). The number of sulfone groups is 1. The third-order valence-electron chi connectivity index (χ3n) is 4.68. The number of nitrogens with zero attached hydrogens (tertiary/aromatic N) is 3. The molecule has 1 aliphatic heterocycles. The molecule has 1 atom stereocenters. The number of rotatable bonds is 8. The first-order valence-electron chi connectivity index (χ1n) is 8.92. The average Bonchev–Trinajstić information content (AvgIpc) is 3.25. The van der Waals surface area contributed by atoms with Crippen LogP contribution >= 0.6 is 0 Å². The molecule has 26 heavy (non-hydrogen) atoms. The number of methoxy groups -OCH3 is 1. The van der Waals surface area contributed by atoms with Gasteiger partial charge in [-0.1, -0.05) is 18.5 Å². The average molecular weight is 379 g/mol. The lowest BCUT2D eigenvalue weighted by Gasteiger charge is -2.26. The quantitative estimate of drug-likeness (QED) is 0.697. The molecule has 8 heteroatoms. The van der Waals surface area contributed by atoms with Gasteiger partial charge >= 0.3 is 0 Å². The number of benzene rings is 1. The summed E-state index contributed by atoms with van der Waals surface area (Å²) in [4.78, 5) is 6.65. The highest BCUT2D eigenvalue weighted by Crippen LogP contribution is 2.23. The van der Waals surface area contributed by atoms with Crippen LogP contribution in [0.2, 0.25) is 0 Å². The summed E-state index contributed by atoms with van der Waals surface area (Å²) in [6.07, 6.45) is 2.73. The zero-order valence-electron chi connectivity index (χ0n) is 15.2. The highest BCUT2D eigenvalue weighted by Gasteiger charge is 2.32. The van der Waals surface area contributed by atoms with Crippen LogP contribution in [0.1, 0.15) is 32.1 Å². The van der Waals surface area contributed by atoms with Gasteiger partial charge in [0.25, 0.3) is 0 Å². The van der Waals surface area contributed by atoms with Crippen LogP contribution in [0.4, 0.5) is 0 Å². The van der Waals surface area contributed by atoms with E-state index in [2.05, 4.69) is 22.0 Å². The van der Waals surface area contributed by atoms with Crippen LogP contribution in [0, 0.1) is 0 Å². The summed E-state index contributed by atoms with van der Waals surface area (Å²) in [7, 11) is -1.30. The van der Waals surface area contributed by atoms with Crippen molar-refractivity contribution in [3.63, 3.8) is 0 Å². The van der Waals surface area contributed by atoms with Crippen molar-refractivity contribution in [2.45, 2.75) is 38.8 Å². The van der Waals surface area contributed by atoms with Crippen molar-refractivity contribution < 1.29 is 17.7 Å². The van der Waals surface area contributed by atoms with Crippen molar-refractivity contribution in [2.24, 2.45) is 0 Å². The maximum Gasteiger partial charge on any atom is 0.241 e. The maximum absolute atomic E-state index is 11.8. The molecule has 2 aromatic rings. The van der Waals surface area contributed by atoms with Crippen molar-refractivity contribution in [3.05, 3.63) is 30.2 Å². The molecule has 1 aliphatic rings. The first kappa shape index (κ1) is 18.8. The van der Waals surface area contributed by atoms with Crippen molar-refractivity contribution in [2.75, 3.05) is 25.2 Å². The van der Waals surface area contributed by atoms with Gasteiger partial charge in [-0.15, -0.1) is 0 Å². The molecule has 0 radical (unpaired) electrons. The zero-order chi connectivity index (χ0) is 18.6. The van der Waals surface area contributed by atoms with Gasteiger partial charge in [-0.25, -0.2) is 8.42 Å². The van der Waals surface area contributed by atoms with Crippen LogP contribution in [0.15, 0.2) is 28.8 Å². The Kier molecular flexibility index (Phi) is 5.93. The first-order valence-corrected chi connectivity index (χ1v) is 10.7. The van der Waals surface area contributed by atoms with E-state index < -0.39 is 9.84 Å². The van der Waals surface area contributed by atoms with E-state index >= 15 is 0 Å². The molecule has 2 heterocycles. The molecule has 142 valence electrons. The maximum atomic E-state index is 11.8. The van der Waals surface area contributed by atoms with E-state index in [1.807, 2.05) is 24.3 Å². The standard InChI is InChI=1S/C18H25N3O4S/c1-3-4-10-21(15-9-11-26(22,23)13-15)12-17-19-18(20-25-17)14-5-7-16(24-2)8-6-14/h5-8,15H,3-4,9-13H2,1-2H3. The second-order valence-corrected chi connectivity index (χ2v) is 8.85. The number of unbranched alkanes of at least 4 members (excludes halogenated alkanes) is 1. The van der Waals surface area contributed by atoms with Crippen LogP contribution in [-0.4, -0.2) is 54.7 Å². The Labute approximate surface area is 154 Å². The number of aromatic nitrogens is 2. The predicted molar refractivity (Wildman–Crippen MR) is 98.7 cm³/mol. The summed E-state index contributed by atoms with van der Waals surface area (Å²) in [5.41, 5.74) is 0.851. The Morgan fingerprint density at radius 1 is 1.31 bits per heavy atom. The summed E-state index contributed by atoms with van der Waals surface area (Å²) in [5, 5.41) is 4.06.